The summed E-state index contributed by atoms with van der Waals surface area (Å²) in [5.74, 6) is -0.322. The molecule has 1 aliphatic heterocycles. The van der Waals surface area contributed by atoms with Crippen molar-refractivity contribution in [3.8, 4) is 0 Å². The van der Waals surface area contributed by atoms with Crippen LogP contribution in [0, 0.1) is 6.92 Å². The number of aryl methyl sites for hydroxylation is 1. The van der Waals surface area contributed by atoms with Crippen molar-refractivity contribution >= 4 is 17.4 Å². The number of para-hydroxylation sites is 1. The normalized spacial score (nSPS) is 14.2. The fraction of sp³-hybridized carbons (Fsp3) is 0.286. The van der Waals surface area contributed by atoms with E-state index in [-0.39, 0.29) is 11.7 Å². The summed E-state index contributed by atoms with van der Waals surface area (Å²) in [5.41, 5.74) is 3.84. The second kappa shape index (κ2) is 10.9. The van der Waals surface area contributed by atoms with E-state index in [1.165, 1.54) is 5.69 Å². The Morgan fingerprint density at radius 2 is 1.42 bits per heavy atom. The summed E-state index contributed by atoms with van der Waals surface area (Å²) in [6, 6.07) is 25.0. The SMILES string of the molecule is Cc1ccc(C(=O)c2ccccc2C(=O)NCCCN2CCN(c3ccccc3)CC2)cc1. The van der Waals surface area contributed by atoms with E-state index in [2.05, 4.69) is 39.4 Å². The summed E-state index contributed by atoms with van der Waals surface area (Å²) in [4.78, 5) is 30.6. The average molecular weight is 442 g/mol. The van der Waals surface area contributed by atoms with Crippen molar-refractivity contribution < 1.29 is 9.59 Å². The van der Waals surface area contributed by atoms with Crippen LogP contribution in [0.1, 0.15) is 38.3 Å². The lowest BCUT2D eigenvalue weighted by molar-refractivity contribution is 0.0940. The van der Waals surface area contributed by atoms with Gasteiger partial charge in [0, 0.05) is 49.5 Å². The smallest absolute Gasteiger partial charge is 0.252 e. The Morgan fingerprint density at radius 1 is 0.788 bits per heavy atom. The van der Waals surface area contributed by atoms with Crippen molar-refractivity contribution in [1.82, 2.24) is 10.2 Å². The van der Waals surface area contributed by atoms with Crippen LogP contribution in [0.4, 0.5) is 5.69 Å². The van der Waals surface area contributed by atoms with Crippen LogP contribution < -0.4 is 10.2 Å². The van der Waals surface area contributed by atoms with Gasteiger partial charge in [0.05, 0.1) is 5.56 Å². The Labute approximate surface area is 196 Å². The highest BCUT2D eigenvalue weighted by atomic mass is 16.2. The Balaban J connectivity index is 1.25. The van der Waals surface area contributed by atoms with Crippen molar-refractivity contribution in [3.05, 3.63) is 101 Å². The van der Waals surface area contributed by atoms with Crippen molar-refractivity contribution in [3.63, 3.8) is 0 Å². The van der Waals surface area contributed by atoms with E-state index in [4.69, 9.17) is 0 Å². The first-order valence-electron chi connectivity index (χ1n) is 11.6. The first kappa shape index (κ1) is 22.7. The molecule has 1 aliphatic rings. The molecule has 170 valence electrons. The Bertz CT molecular complexity index is 1070. The van der Waals surface area contributed by atoms with Crippen LogP contribution in [0.2, 0.25) is 0 Å². The van der Waals surface area contributed by atoms with Crippen LogP contribution in [0.3, 0.4) is 0 Å². The summed E-state index contributed by atoms with van der Waals surface area (Å²) >= 11 is 0. The number of rotatable bonds is 8. The summed E-state index contributed by atoms with van der Waals surface area (Å²) in [6.45, 7) is 7.61. The fourth-order valence-corrected chi connectivity index (χ4v) is 4.21. The molecule has 0 spiro atoms. The minimum Gasteiger partial charge on any atom is -0.369 e. The van der Waals surface area contributed by atoms with Gasteiger partial charge in [-0.25, -0.2) is 0 Å². The van der Waals surface area contributed by atoms with Gasteiger partial charge in [0.2, 0.25) is 0 Å². The molecule has 4 rings (SSSR count). The number of amides is 1. The van der Waals surface area contributed by atoms with Crippen molar-refractivity contribution in [2.45, 2.75) is 13.3 Å². The minimum atomic E-state index is -0.194. The number of anilines is 1. The average Bonchev–Trinajstić information content (AvgIpc) is 2.87. The molecule has 5 nitrogen and oxygen atoms in total. The van der Waals surface area contributed by atoms with Crippen molar-refractivity contribution in [2.75, 3.05) is 44.2 Å². The van der Waals surface area contributed by atoms with Gasteiger partial charge < -0.3 is 10.2 Å². The lowest BCUT2D eigenvalue weighted by Crippen LogP contribution is -2.47. The molecule has 33 heavy (non-hydrogen) atoms. The Morgan fingerprint density at radius 3 is 2.12 bits per heavy atom. The third kappa shape index (κ3) is 5.88. The third-order valence-electron chi connectivity index (χ3n) is 6.16. The van der Waals surface area contributed by atoms with Gasteiger partial charge in [-0.05, 0) is 38.1 Å². The van der Waals surface area contributed by atoms with E-state index < -0.39 is 0 Å². The monoisotopic (exact) mass is 441 g/mol. The van der Waals surface area contributed by atoms with E-state index in [9.17, 15) is 9.59 Å². The van der Waals surface area contributed by atoms with E-state index in [1.807, 2.05) is 37.3 Å². The number of nitrogens with one attached hydrogen (secondary N) is 1. The molecule has 3 aromatic carbocycles. The highest BCUT2D eigenvalue weighted by Crippen LogP contribution is 2.17. The molecular formula is C28H31N3O2. The van der Waals surface area contributed by atoms with E-state index >= 15 is 0 Å². The van der Waals surface area contributed by atoms with Gasteiger partial charge >= 0.3 is 0 Å². The second-order valence-electron chi connectivity index (χ2n) is 8.51. The zero-order valence-electron chi connectivity index (χ0n) is 19.2. The molecule has 0 bridgehead atoms. The number of carbonyl (C=O) groups excluding carboxylic acids is 2. The first-order valence-corrected chi connectivity index (χ1v) is 11.6. The standard InChI is InChI=1S/C28H31N3O2/c1-22-12-14-23(15-13-22)27(32)25-10-5-6-11-26(25)28(33)29-16-7-17-30-18-20-31(21-19-30)24-8-3-2-4-9-24/h2-6,8-15H,7,16-21H2,1H3,(H,29,33). The molecule has 1 fully saturated rings. The topological polar surface area (TPSA) is 52.7 Å². The first-order chi connectivity index (χ1) is 16.1. The molecule has 1 saturated heterocycles. The third-order valence-corrected chi connectivity index (χ3v) is 6.16. The molecule has 5 heteroatoms. The van der Waals surface area contributed by atoms with Gasteiger partial charge in [0.15, 0.2) is 5.78 Å². The van der Waals surface area contributed by atoms with E-state index in [0.29, 0.717) is 23.2 Å². The molecule has 1 heterocycles. The van der Waals surface area contributed by atoms with Crippen LogP contribution in [0.5, 0.6) is 0 Å². The number of piperazine rings is 1. The molecule has 0 aromatic heterocycles. The van der Waals surface area contributed by atoms with E-state index in [1.54, 1.807) is 24.3 Å². The molecule has 1 N–H and O–H groups in total. The van der Waals surface area contributed by atoms with Crippen LogP contribution in [0.25, 0.3) is 0 Å². The molecular weight excluding hydrogens is 410 g/mol. The molecule has 0 radical (unpaired) electrons. The second-order valence-corrected chi connectivity index (χ2v) is 8.51. The van der Waals surface area contributed by atoms with Crippen LogP contribution in [-0.4, -0.2) is 55.9 Å². The molecule has 0 unspecified atom stereocenters. The molecule has 0 saturated carbocycles. The quantitative estimate of drug-likeness (QED) is 0.421. The highest BCUT2D eigenvalue weighted by molar-refractivity contribution is 6.15. The fourth-order valence-electron chi connectivity index (χ4n) is 4.21. The zero-order chi connectivity index (χ0) is 23.0. The maximum absolute atomic E-state index is 13.0. The van der Waals surface area contributed by atoms with Gasteiger partial charge in [-0.3, -0.25) is 14.5 Å². The number of hydrogen-bond donors (Lipinski definition) is 1. The summed E-state index contributed by atoms with van der Waals surface area (Å²) < 4.78 is 0. The number of hydrogen-bond acceptors (Lipinski definition) is 4. The maximum atomic E-state index is 13.0. The molecule has 1 amide bonds. The Kier molecular flexibility index (Phi) is 7.53. The predicted molar refractivity (Wildman–Crippen MR) is 133 cm³/mol. The van der Waals surface area contributed by atoms with Crippen molar-refractivity contribution in [2.24, 2.45) is 0 Å². The minimum absolute atomic E-state index is 0.128. The lowest BCUT2D eigenvalue weighted by Gasteiger charge is -2.36. The van der Waals surface area contributed by atoms with Gasteiger partial charge in [-0.2, -0.15) is 0 Å². The van der Waals surface area contributed by atoms with Gasteiger partial charge in [-0.1, -0.05) is 66.2 Å². The van der Waals surface area contributed by atoms with Gasteiger partial charge in [-0.15, -0.1) is 0 Å². The molecule has 0 aliphatic carbocycles. The van der Waals surface area contributed by atoms with Crippen LogP contribution in [0.15, 0.2) is 78.9 Å². The lowest BCUT2D eigenvalue weighted by atomic mass is 9.97. The van der Waals surface area contributed by atoms with E-state index in [0.717, 1.165) is 44.7 Å². The summed E-state index contributed by atoms with van der Waals surface area (Å²) in [7, 11) is 0. The number of ketones is 1. The number of nitrogens with zero attached hydrogens (tertiary/aromatic N) is 2. The van der Waals surface area contributed by atoms with Crippen LogP contribution in [-0.2, 0) is 0 Å². The maximum Gasteiger partial charge on any atom is 0.252 e. The summed E-state index contributed by atoms with van der Waals surface area (Å²) in [5, 5.41) is 3.00. The van der Waals surface area contributed by atoms with Crippen molar-refractivity contribution in [1.29, 1.82) is 0 Å². The number of carbonyl (C=O) groups is 2. The number of benzene rings is 3. The largest absolute Gasteiger partial charge is 0.369 e. The highest BCUT2D eigenvalue weighted by Gasteiger charge is 2.19. The zero-order valence-corrected chi connectivity index (χ0v) is 19.2. The van der Waals surface area contributed by atoms with Gasteiger partial charge in [0.1, 0.15) is 0 Å². The van der Waals surface area contributed by atoms with Gasteiger partial charge in [0.25, 0.3) is 5.91 Å². The van der Waals surface area contributed by atoms with Crippen LogP contribution >= 0.6 is 0 Å². The molecule has 3 aromatic rings. The predicted octanol–water partition coefficient (Wildman–Crippen LogP) is 4.17. The Hall–Kier alpha value is -3.44. The molecule has 0 atom stereocenters. The summed E-state index contributed by atoms with van der Waals surface area (Å²) in [6.07, 6.45) is 0.880.